The van der Waals surface area contributed by atoms with Crippen molar-refractivity contribution >= 4 is 11.7 Å². The highest BCUT2D eigenvalue weighted by atomic mass is 19.3. The number of ketones is 1. The normalized spacial score (nSPS) is 24.9. The number of alkyl halides is 2. The van der Waals surface area contributed by atoms with E-state index in [0.29, 0.717) is 13.0 Å². The molecule has 1 saturated heterocycles. The molecule has 1 fully saturated rings. The van der Waals surface area contributed by atoms with E-state index < -0.39 is 23.5 Å². The van der Waals surface area contributed by atoms with Gasteiger partial charge in [0.25, 0.3) is 5.91 Å². The van der Waals surface area contributed by atoms with Crippen LogP contribution in [0.15, 0.2) is 36.0 Å². The van der Waals surface area contributed by atoms with Gasteiger partial charge in [0.05, 0.1) is 24.4 Å². The van der Waals surface area contributed by atoms with E-state index >= 15 is 0 Å². The van der Waals surface area contributed by atoms with Crippen LogP contribution in [0.4, 0.5) is 8.78 Å². The van der Waals surface area contributed by atoms with Crippen LogP contribution in [0, 0.1) is 5.41 Å². The predicted molar refractivity (Wildman–Crippen MR) is 93.3 cm³/mol. The zero-order chi connectivity index (χ0) is 19.8. The number of hydrogen-bond donors (Lipinski definition) is 1. The van der Waals surface area contributed by atoms with Crippen LogP contribution in [0.5, 0.6) is 5.75 Å². The number of halogens is 2. The van der Waals surface area contributed by atoms with Gasteiger partial charge < -0.3 is 20.1 Å². The molecule has 1 heterocycles. The third-order valence-electron chi connectivity index (χ3n) is 4.87. The molecule has 1 aliphatic heterocycles. The number of ether oxygens (including phenoxy) is 2. The van der Waals surface area contributed by atoms with E-state index in [1.807, 2.05) is 0 Å². The summed E-state index contributed by atoms with van der Waals surface area (Å²) in [4.78, 5) is 26.7. The number of rotatable bonds is 3. The van der Waals surface area contributed by atoms with Gasteiger partial charge in [-0.1, -0.05) is 26.0 Å². The van der Waals surface area contributed by atoms with Crippen molar-refractivity contribution in [2.45, 2.75) is 32.5 Å². The Kier molecular flexibility index (Phi) is 4.94. The summed E-state index contributed by atoms with van der Waals surface area (Å²) in [6.07, 6.45) is 1.94. The lowest BCUT2D eigenvalue weighted by Crippen LogP contribution is -2.57. The van der Waals surface area contributed by atoms with Gasteiger partial charge in [-0.15, -0.1) is 0 Å². The molecular formula is C19H22F2N2O4. The number of para-hydroxylation sites is 1. The van der Waals surface area contributed by atoms with Crippen LogP contribution in [0.25, 0.3) is 0 Å². The quantitative estimate of drug-likeness (QED) is 0.871. The van der Waals surface area contributed by atoms with Crippen molar-refractivity contribution in [3.8, 4) is 5.75 Å². The highest BCUT2D eigenvalue weighted by Gasteiger charge is 2.48. The van der Waals surface area contributed by atoms with Gasteiger partial charge in [-0.2, -0.15) is 8.78 Å². The van der Waals surface area contributed by atoms with Crippen molar-refractivity contribution in [1.29, 1.82) is 0 Å². The topological polar surface area (TPSA) is 81.9 Å². The Bertz CT molecular complexity index is 794. The van der Waals surface area contributed by atoms with Crippen LogP contribution < -0.4 is 10.5 Å². The van der Waals surface area contributed by atoms with Gasteiger partial charge in [0.2, 0.25) is 0 Å². The summed E-state index contributed by atoms with van der Waals surface area (Å²) in [5.41, 5.74) is 4.46. The molecule has 1 amide bonds. The van der Waals surface area contributed by atoms with Crippen LogP contribution in [0.1, 0.15) is 30.6 Å². The second-order valence-electron chi connectivity index (χ2n) is 7.50. The van der Waals surface area contributed by atoms with Crippen LogP contribution in [-0.4, -0.2) is 48.5 Å². The van der Waals surface area contributed by atoms with Crippen LogP contribution in [0.2, 0.25) is 0 Å². The van der Waals surface area contributed by atoms with Crippen LogP contribution in [-0.2, 0) is 9.53 Å². The number of nitrogens with zero attached hydrogens (tertiary/aromatic N) is 1. The molecule has 146 valence electrons. The molecule has 27 heavy (non-hydrogen) atoms. The van der Waals surface area contributed by atoms with E-state index in [1.165, 1.54) is 23.1 Å². The zero-order valence-electron chi connectivity index (χ0n) is 15.2. The Balaban J connectivity index is 1.87. The van der Waals surface area contributed by atoms with Gasteiger partial charge in [-0.25, -0.2) is 0 Å². The van der Waals surface area contributed by atoms with E-state index in [0.717, 1.165) is 0 Å². The predicted octanol–water partition coefficient (Wildman–Crippen LogP) is 2.34. The largest absolute Gasteiger partial charge is 0.434 e. The summed E-state index contributed by atoms with van der Waals surface area (Å²) in [5.74, 6) is -0.765. The molecule has 0 aromatic heterocycles. The SMILES string of the molecule is CC1(C)CC2(C=C(N)C1=O)CN(C(=O)c1ccccc1OC(F)F)CCO2. The smallest absolute Gasteiger partial charge is 0.387 e. The number of morpholine rings is 1. The first kappa shape index (κ1) is 19.3. The lowest BCUT2D eigenvalue weighted by Gasteiger charge is -2.46. The van der Waals surface area contributed by atoms with Gasteiger partial charge in [-0.05, 0) is 24.6 Å². The first-order valence-corrected chi connectivity index (χ1v) is 8.64. The first-order chi connectivity index (χ1) is 12.6. The van der Waals surface area contributed by atoms with Gasteiger partial charge >= 0.3 is 6.61 Å². The maximum absolute atomic E-state index is 13.0. The number of Topliss-reactive ketones (excluding diaryl/α,β-unsaturated/α-hetero) is 1. The van der Waals surface area contributed by atoms with Crippen molar-refractivity contribution in [2.24, 2.45) is 11.1 Å². The standard InChI is InChI=1S/C19H22F2N2O4/c1-18(2)10-19(9-13(22)15(18)24)11-23(7-8-26-19)16(25)12-5-3-4-6-14(12)27-17(20)21/h3-6,9,17H,7-8,10-11,22H2,1-2H3. The summed E-state index contributed by atoms with van der Waals surface area (Å²) >= 11 is 0. The molecule has 3 rings (SSSR count). The Morgan fingerprint density at radius 1 is 1.33 bits per heavy atom. The number of allylic oxidation sites excluding steroid dienone is 1. The minimum atomic E-state index is -3.03. The molecule has 1 atom stereocenters. The number of carbonyl (C=O) groups excluding carboxylic acids is 2. The fourth-order valence-corrected chi connectivity index (χ4v) is 3.81. The van der Waals surface area contributed by atoms with Gasteiger partial charge in [-0.3, -0.25) is 9.59 Å². The van der Waals surface area contributed by atoms with E-state index in [4.69, 9.17) is 10.5 Å². The Morgan fingerprint density at radius 2 is 2.04 bits per heavy atom. The Morgan fingerprint density at radius 3 is 2.70 bits per heavy atom. The number of nitrogens with two attached hydrogens (primary N) is 1. The molecule has 0 radical (unpaired) electrons. The summed E-state index contributed by atoms with van der Waals surface area (Å²) in [6.45, 7) is 1.26. The van der Waals surface area contributed by atoms with Crippen molar-refractivity contribution in [3.05, 3.63) is 41.6 Å². The summed E-state index contributed by atoms with van der Waals surface area (Å²) < 4.78 is 35.7. The average Bonchev–Trinajstić information content (AvgIpc) is 2.59. The molecule has 1 spiro atoms. The molecular weight excluding hydrogens is 358 g/mol. The molecule has 2 N–H and O–H groups in total. The molecule has 0 bridgehead atoms. The third-order valence-corrected chi connectivity index (χ3v) is 4.87. The molecule has 1 aromatic carbocycles. The zero-order valence-corrected chi connectivity index (χ0v) is 15.2. The highest BCUT2D eigenvalue weighted by molar-refractivity contribution is 6.00. The lowest BCUT2D eigenvalue weighted by atomic mass is 9.71. The van der Waals surface area contributed by atoms with Crippen molar-refractivity contribution in [3.63, 3.8) is 0 Å². The average molecular weight is 380 g/mol. The minimum Gasteiger partial charge on any atom is -0.434 e. The monoisotopic (exact) mass is 380 g/mol. The van der Waals surface area contributed by atoms with Crippen molar-refractivity contribution in [1.82, 2.24) is 4.90 Å². The number of carbonyl (C=O) groups is 2. The van der Waals surface area contributed by atoms with E-state index in [-0.39, 0.29) is 35.9 Å². The maximum atomic E-state index is 13.0. The molecule has 1 aromatic rings. The second-order valence-corrected chi connectivity index (χ2v) is 7.50. The highest BCUT2D eigenvalue weighted by Crippen LogP contribution is 2.40. The van der Waals surface area contributed by atoms with E-state index in [1.54, 1.807) is 26.0 Å². The van der Waals surface area contributed by atoms with Crippen molar-refractivity contribution in [2.75, 3.05) is 19.7 Å². The first-order valence-electron chi connectivity index (χ1n) is 8.64. The fraction of sp³-hybridized carbons (Fsp3) is 0.474. The third kappa shape index (κ3) is 3.80. The Labute approximate surface area is 155 Å². The second kappa shape index (κ2) is 6.92. The number of hydrogen-bond acceptors (Lipinski definition) is 5. The summed E-state index contributed by atoms with van der Waals surface area (Å²) in [5, 5.41) is 0. The minimum absolute atomic E-state index is 0.0537. The Hall–Kier alpha value is -2.48. The van der Waals surface area contributed by atoms with E-state index in [9.17, 15) is 18.4 Å². The van der Waals surface area contributed by atoms with Gasteiger partial charge in [0, 0.05) is 12.0 Å². The van der Waals surface area contributed by atoms with Crippen molar-refractivity contribution < 1.29 is 27.8 Å². The van der Waals surface area contributed by atoms with Crippen LogP contribution >= 0.6 is 0 Å². The lowest BCUT2D eigenvalue weighted by molar-refractivity contribution is -0.135. The molecule has 1 aliphatic carbocycles. The maximum Gasteiger partial charge on any atom is 0.387 e. The molecule has 0 saturated carbocycles. The number of benzene rings is 1. The van der Waals surface area contributed by atoms with E-state index in [2.05, 4.69) is 4.74 Å². The van der Waals surface area contributed by atoms with Gasteiger partial charge in [0.1, 0.15) is 11.4 Å². The summed E-state index contributed by atoms with van der Waals surface area (Å²) in [7, 11) is 0. The van der Waals surface area contributed by atoms with Crippen LogP contribution in [0.3, 0.4) is 0 Å². The molecule has 1 unspecified atom stereocenters. The number of amides is 1. The molecule has 8 heteroatoms. The fourth-order valence-electron chi connectivity index (χ4n) is 3.81. The molecule has 2 aliphatic rings. The summed E-state index contributed by atoms with van der Waals surface area (Å²) in [6, 6.07) is 5.88. The van der Waals surface area contributed by atoms with Gasteiger partial charge in [0.15, 0.2) is 5.78 Å². The molecule has 6 nitrogen and oxygen atoms in total.